The lowest BCUT2D eigenvalue weighted by Crippen LogP contribution is -2.46. The maximum absolute atomic E-state index is 13.3. The Kier molecular flexibility index (Phi) is 6.76. The SMILES string of the molecule is COCC(O)CN1CCC(NC(C)c2cccc(F)c2)CC1. The van der Waals surface area contributed by atoms with Crippen LogP contribution in [0.25, 0.3) is 0 Å². The number of nitrogens with zero attached hydrogens (tertiary/aromatic N) is 1. The molecular formula is C17H27FN2O2. The summed E-state index contributed by atoms with van der Waals surface area (Å²) in [4.78, 5) is 2.27. The number of nitrogens with one attached hydrogen (secondary N) is 1. The molecule has 1 aromatic rings. The van der Waals surface area contributed by atoms with E-state index in [4.69, 9.17) is 4.74 Å². The number of halogens is 1. The number of methoxy groups -OCH3 is 1. The molecule has 0 radical (unpaired) electrons. The molecule has 5 heteroatoms. The Morgan fingerprint density at radius 2 is 2.14 bits per heavy atom. The normalized spacial score (nSPS) is 20.0. The van der Waals surface area contributed by atoms with Crippen molar-refractivity contribution in [3.8, 4) is 0 Å². The topological polar surface area (TPSA) is 44.7 Å². The molecule has 0 spiro atoms. The van der Waals surface area contributed by atoms with Gasteiger partial charge in [-0.15, -0.1) is 0 Å². The first kappa shape index (κ1) is 17.3. The third kappa shape index (κ3) is 5.32. The van der Waals surface area contributed by atoms with Crippen LogP contribution in [0.15, 0.2) is 24.3 Å². The van der Waals surface area contributed by atoms with Gasteiger partial charge < -0.3 is 20.1 Å². The van der Waals surface area contributed by atoms with Gasteiger partial charge in [0.05, 0.1) is 12.7 Å². The van der Waals surface area contributed by atoms with Crippen LogP contribution in [0.2, 0.25) is 0 Å². The summed E-state index contributed by atoms with van der Waals surface area (Å²) in [5.74, 6) is -0.187. The van der Waals surface area contributed by atoms with E-state index in [0.29, 0.717) is 19.2 Å². The summed E-state index contributed by atoms with van der Waals surface area (Å²) in [6.45, 7) is 5.06. The van der Waals surface area contributed by atoms with Crippen LogP contribution in [0.4, 0.5) is 4.39 Å². The summed E-state index contributed by atoms with van der Waals surface area (Å²) in [5, 5.41) is 13.4. The molecule has 1 aliphatic rings. The smallest absolute Gasteiger partial charge is 0.123 e. The molecule has 2 N–H and O–H groups in total. The van der Waals surface area contributed by atoms with Crippen LogP contribution in [0.1, 0.15) is 31.4 Å². The number of aliphatic hydroxyl groups is 1. The molecule has 4 nitrogen and oxygen atoms in total. The zero-order valence-electron chi connectivity index (χ0n) is 13.5. The first-order valence-corrected chi connectivity index (χ1v) is 7.99. The first-order chi connectivity index (χ1) is 10.6. The highest BCUT2D eigenvalue weighted by Gasteiger charge is 2.22. The third-order valence-electron chi connectivity index (χ3n) is 4.25. The maximum atomic E-state index is 13.3. The van der Waals surface area contributed by atoms with E-state index in [1.54, 1.807) is 19.2 Å². The molecule has 0 saturated carbocycles. The molecule has 0 aromatic heterocycles. The Labute approximate surface area is 132 Å². The summed E-state index contributed by atoms with van der Waals surface area (Å²) >= 11 is 0. The third-order valence-corrected chi connectivity index (χ3v) is 4.25. The second-order valence-electron chi connectivity index (χ2n) is 6.13. The molecule has 1 aromatic carbocycles. The summed E-state index contributed by atoms with van der Waals surface area (Å²) in [7, 11) is 1.60. The minimum Gasteiger partial charge on any atom is -0.389 e. The summed E-state index contributed by atoms with van der Waals surface area (Å²) in [6, 6.07) is 7.36. The number of aliphatic hydroxyl groups excluding tert-OH is 1. The van der Waals surface area contributed by atoms with E-state index in [2.05, 4.69) is 17.1 Å². The molecule has 124 valence electrons. The highest BCUT2D eigenvalue weighted by molar-refractivity contribution is 5.19. The van der Waals surface area contributed by atoms with Crippen molar-refractivity contribution in [1.29, 1.82) is 0 Å². The van der Waals surface area contributed by atoms with E-state index in [1.165, 1.54) is 6.07 Å². The van der Waals surface area contributed by atoms with Gasteiger partial charge in [-0.2, -0.15) is 0 Å². The van der Waals surface area contributed by atoms with Gasteiger partial charge in [0, 0.05) is 25.7 Å². The Hall–Kier alpha value is -1.01. The molecule has 1 aliphatic heterocycles. The lowest BCUT2D eigenvalue weighted by atomic mass is 10.0. The number of ether oxygens (including phenoxy) is 1. The highest BCUT2D eigenvalue weighted by atomic mass is 19.1. The van der Waals surface area contributed by atoms with Gasteiger partial charge in [-0.3, -0.25) is 0 Å². The maximum Gasteiger partial charge on any atom is 0.123 e. The van der Waals surface area contributed by atoms with Gasteiger partial charge in [0.15, 0.2) is 0 Å². The van der Waals surface area contributed by atoms with Crippen molar-refractivity contribution in [2.75, 3.05) is 33.4 Å². The van der Waals surface area contributed by atoms with Crippen molar-refractivity contribution in [3.05, 3.63) is 35.6 Å². The Balaban J connectivity index is 1.75. The van der Waals surface area contributed by atoms with E-state index in [0.717, 1.165) is 31.5 Å². The van der Waals surface area contributed by atoms with Gasteiger partial charge in [-0.05, 0) is 50.6 Å². The fourth-order valence-electron chi connectivity index (χ4n) is 3.05. The van der Waals surface area contributed by atoms with Gasteiger partial charge in [-0.1, -0.05) is 12.1 Å². The van der Waals surface area contributed by atoms with Crippen molar-refractivity contribution in [3.63, 3.8) is 0 Å². The van der Waals surface area contributed by atoms with Crippen molar-refractivity contribution in [1.82, 2.24) is 10.2 Å². The van der Waals surface area contributed by atoms with E-state index >= 15 is 0 Å². The number of hydrogen-bond donors (Lipinski definition) is 2. The second kappa shape index (κ2) is 8.58. The number of likely N-dealkylation sites (tertiary alicyclic amines) is 1. The summed E-state index contributed by atoms with van der Waals surface area (Å²) in [5.41, 5.74) is 0.984. The predicted molar refractivity (Wildman–Crippen MR) is 85.3 cm³/mol. The Bertz CT molecular complexity index is 450. The van der Waals surface area contributed by atoms with Gasteiger partial charge in [-0.25, -0.2) is 4.39 Å². The van der Waals surface area contributed by atoms with Crippen molar-refractivity contribution < 1.29 is 14.2 Å². The Morgan fingerprint density at radius 1 is 1.41 bits per heavy atom. The number of piperidine rings is 1. The highest BCUT2D eigenvalue weighted by Crippen LogP contribution is 2.18. The minimum absolute atomic E-state index is 0.145. The molecule has 0 bridgehead atoms. The fraction of sp³-hybridized carbons (Fsp3) is 0.647. The number of benzene rings is 1. The molecule has 2 atom stereocenters. The molecule has 2 rings (SSSR count). The van der Waals surface area contributed by atoms with Crippen molar-refractivity contribution >= 4 is 0 Å². The summed E-state index contributed by atoms with van der Waals surface area (Å²) in [6.07, 6.45) is 1.67. The van der Waals surface area contributed by atoms with E-state index in [-0.39, 0.29) is 11.9 Å². The van der Waals surface area contributed by atoms with Crippen LogP contribution < -0.4 is 5.32 Å². The molecule has 1 heterocycles. The number of rotatable bonds is 7. The quantitative estimate of drug-likeness (QED) is 0.808. The van der Waals surface area contributed by atoms with E-state index in [1.807, 2.05) is 6.07 Å². The van der Waals surface area contributed by atoms with Crippen LogP contribution in [0, 0.1) is 5.82 Å². The molecule has 22 heavy (non-hydrogen) atoms. The average Bonchev–Trinajstić information content (AvgIpc) is 2.49. The van der Waals surface area contributed by atoms with Crippen LogP contribution in [0.5, 0.6) is 0 Å². The number of hydrogen-bond acceptors (Lipinski definition) is 4. The molecule has 1 fully saturated rings. The zero-order valence-corrected chi connectivity index (χ0v) is 13.5. The first-order valence-electron chi connectivity index (χ1n) is 7.99. The molecular weight excluding hydrogens is 283 g/mol. The largest absolute Gasteiger partial charge is 0.389 e. The van der Waals surface area contributed by atoms with E-state index < -0.39 is 6.10 Å². The standard InChI is InChI=1S/C17H27FN2O2/c1-13(14-4-3-5-15(18)10-14)19-16-6-8-20(9-7-16)11-17(21)12-22-2/h3-5,10,13,16-17,19,21H,6-9,11-12H2,1-2H3. The van der Waals surface area contributed by atoms with Crippen LogP contribution in [-0.2, 0) is 4.74 Å². The molecule has 0 amide bonds. The van der Waals surface area contributed by atoms with Crippen molar-refractivity contribution in [2.45, 2.75) is 38.0 Å². The monoisotopic (exact) mass is 310 g/mol. The van der Waals surface area contributed by atoms with Gasteiger partial charge in [0.1, 0.15) is 5.82 Å². The van der Waals surface area contributed by atoms with Crippen LogP contribution in [0.3, 0.4) is 0 Å². The predicted octanol–water partition coefficient (Wildman–Crippen LogP) is 1.95. The number of β-amino-alcohol motifs (C(OH)–C–C–N with tert-alkyl or cyclic N) is 1. The van der Waals surface area contributed by atoms with Gasteiger partial charge in [0.2, 0.25) is 0 Å². The van der Waals surface area contributed by atoms with E-state index in [9.17, 15) is 9.50 Å². The van der Waals surface area contributed by atoms with Crippen LogP contribution >= 0.6 is 0 Å². The minimum atomic E-state index is -0.416. The lowest BCUT2D eigenvalue weighted by molar-refractivity contribution is 0.0308. The lowest BCUT2D eigenvalue weighted by Gasteiger charge is -2.34. The zero-order chi connectivity index (χ0) is 15.9. The Morgan fingerprint density at radius 3 is 2.77 bits per heavy atom. The molecule has 1 saturated heterocycles. The van der Waals surface area contributed by atoms with Crippen molar-refractivity contribution in [2.24, 2.45) is 0 Å². The van der Waals surface area contributed by atoms with Gasteiger partial charge in [0.25, 0.3) is 0 Å². The summed E-state index contributed by atoms with van der Waals surface area (Å²) < 4.78 is 18.2. The molecule has 0 aliphatic carbocycles. The second-order valence-corrected chi connectivity index (χ2v) is 6.13. The van der Waals surface area contributed by atoms with Gasteiger partial charge >= 0.3 is 0 Å². The fourth-order valence-corrected chi connectivity index (χ4v) is 3.05. The molecule has 2 unspecified atom stereocenters. The average molecular weight is 310 g/mol. The van der Waals surface area contributed by atoms with Crippen LogP contribution in [-0.4, -0.2) is 55.5 Å².